The predicted molar refractivity (Wildman–Crippen MR) is 80.0 cm³/mol. The van der Waals surface area contributed by atoms with E-state index in [1.807, 2.05) is 37.4 Å². The van der Waals surface area contributed by atoms with Crippen LogP contribution in [0.4, 0.5) is 0 Å². The Morgan fingerprint density at radius 3 is 2.60 bits per heavy atom. The lowest BCUT2D eigenvalue weighted by Crippen LogP contribution is -2.26. The molecule has 1 atom stereocenters. The number of aromatic nitrogens is 1. The van der Waals surface area contributed by atoms with E-state index in [2.05, 4.69) is 10.3 Å². The normalized spacial score (nSPS) is 11.9. The second-order valence-electron chi connectivity index (χ2n) is 4.40. The van der Waals surface area contributed by atoms with E-state index in [-0.39, 0.29) is 17.7 Å². The van der Waals surface area contributed by atoms with Gasteiger partial charge in [-0.1, -0.05) is 12.1 Å². The van der Waals surface area contributed by atoms with Crippen molar-refractivity contribution in [2.45, 2.75) is 17.9 Å². The van der Waals surface area contributed by atoms with Crippen molar-refractivity contribution in [2.75, 3.05) is 6.26 Å². The van der Waals surface area contributed by atoms with Crippen molar-refractivity contribution in [3.8, 4) is 5.75 Å². The Labute approximate surface area is 122 Å². The summed E-state index contributed by atoms with van der Waals surface area (Å²) in [5.41, 5.74) is 1.38. The highest BCUT2D eigenvalue weighted by Crippen LogP contribution is 2.19. The Kier molecular flexibility index (Phi) is 4.63. The fourth-order valence-electron chi connectivity index (χ4n) is 1.81. The number of thioether (sulfide) groups is 1. The Balaban J connectivity index is 2.06. The molecule has 1 aromatic heterocycles. The quantitative estimate of drug-likeness (QED) is 0.849. The van der Waals surface area contributed by atoms with Gasteiger partial charge in [-0.2, -0.15) is 0 Å². The van der Waals surface area contributed by atoms with E-state index in [0.717, 1.165) is 5.56 Å². The molecule has 2 aromatic rings. The third kappa shape index (κ3) is 3.51. The molecule has 0 radical (unpaired) electrons. The van der Waals surface area contributed by atoms with Crippen LogP contribution in [0.15, 0.2) is 47.6 Å². The molecule has 104 valence electrons. The average molecular weight is 288 g/mol. The van der Waals surface area contributed by atoms with Gasteiger partial charge in [-0.3, -0.25) is 9.78 Å². The SMILES string of the molecule is CSc1ccc(C(C)NC(=O)c2cncc(O)c2)cc1. The fraction of sp³-hybridized carbons (Fsp3) is 0.200. The van der Waals surface area contributed by atoms with Gasteiger partial charge in [0.1, 0.15) is 5.75 Å². The van der Waals surface area contributed by atoms with Crippen molar-refractivity contribution < 1.29 is 9.90 Å². The maximum absolute atomic E-state index is 12.0. The van der Waals surface area contributed by atoms with Crippen LogP contribution in [-0.4, -0.2) is 22.3 Å². The maximum atomic E-state index is 12.0. The minimum Gasteiger partial charge on any atom is -0.506 e. The zero-order chi connectivity index (χ0) is 14.5. The monoisotopic (exact) mass is 288 g/mol. The third-order valence-electron chi connectivity index (χ3n) is 2.95. The lowest BCUT2D eigenvalue weighted by Gasteiger charge is -2.14. The first-order chi connectivity index (χ1) is 9.60. The largest absolute Gasteiger partial charge is 0.506 e. The van der Waals surface area contributed by atoms with Crippen LogP contribution >= 0.6 is 11.8 Å². The highest BCUT2D eigenvalue weighted by atomic mass is 32.2. The highest BCUT2D eigenvalue weighted by molar-refractivity contribution is 7.98. The van der Waals surface area contributed by atoms with Crippen LogP contribution in [-0.2, 0) is 0 Å². The number of hydrogen-bond donors (Lipinski definition) is 2. The van der Waals surface area contributed by atoms with Crippen molar-refractivity contribution in [3.05, 3.63) is 53.9 Å². The summed E-state index contributed by atoms with van der Waals surface area (Å²) in [6, 6.07) is 9.33. The Bertz CT molecular complexity index is 599. The van der Waals surface area contributed by atoms with Gasteiger partial charge in [0, 0.05) is 11.1 Å². The zero-order valence-electron chi connectivity index (χ0n) is 11.3. The van der Waals surface area contributed by atoms with E-state index in [1.54, 1.807) is 11.8 Å². The maximum Gasteiger partial charge on any atom is 0.253 e. The molecule has 20 heavy (non-hydrogen) atoms. The molecule has 0 bridgehead atoms. The van der Waals surface area contributed by atoms with Crippen molar-refractivity contribution in [1.29, 1.82) is 0 Å². The number of aromatic hydroxyl groups is 1. The van der Waals surface area contributed by atoms with Crippen LogP contribution in [0.1, 0.15) is 28.9 Å². The molecule has 1 aromatic carbocycles. The summed E-state index contributed by atoms with van der Waals surface area (Å²) in [5, 5.41) is 12.2. The van der Waals surface area contributed by atoms with E-state index in [9.17, 15) is 9.90 Å². The molecule has 2 N–H and O–H groups in total. The molecule has 0 fully saturated rings. The van der Waals surface area contributed by atoms with E-state index in [1.165, 1.54) is 23.4 Å². The molecule has 0 saturated heterocycles. The third-order valence-corrected chi connectivity index (χ3v) is 3.69. The van der Waals surface area contributed by atoms with Gasteiger partial charge in [0.25, 0.3) is 5.91 Å². The number of rotatable bonds is 4. The van der Waals surface area contributed by atoms with Crippen LogP contribution in [0.3, 0.4) is 0 Å². The van der Waals surface area contributed by atoms with E-state index in [4.69, 9.17) is 0 Å². The van der Waals surface area contributed by atoms with Crippen molar-refractivity contribution in [3.63, 3.8) is 0 Å². The first-order valence-electron chi connectivity index (χ1n) is 6.19. The molecule has 0 aliphatic rings. The molecule has 5 heteroatoms. The van der Waals surface area contributed by atoms with Gasteiger partial charge in [0.2, 0.25) is 0 Å². The van der Waals surface area contributed by atoms with Crippen LogP contribution in [0.25, 0.3) is 0 Å². The summed E-state index contributed by atoms with van der Waals surface area (Å²) in [6.45, 7) is 1.92. The van der Waals surface area contributed by atoms with Gasteiger partial charge < -0.3 is 10.4 Å². The second-order valence-corrected chi connectivity index (χ2v) is 5.28. The van der Waals surface area contributed by atoms with E-state index in [0.29, 0.717) is 5.56 Å². The molecule has 0 aliphatic carbocycles. The second kappa shape index (κ2) is 6.43. The van der Waals surface area contributed by atoms with Gasteiger partial charge in [-0.15, -0.1) is 11.8 Å². The molecule has 2 rings (SSSR count). The van der Waals surface area contributed by atoms with Gasteiger partial charge in [0.05, 0.1) is 17.8 Å². The highest BCUT2D eigenvalue weighted by Gasteiger charge is 2.12. The molecular formula is C15H16N2O2S. The number of carbonyl (C=O) groups excluding carboxylic acids is 1. The molecule has 0 aliphatic heterocycles. The molecule has 0 saturated carbocycles. The number of amides is 1. The van der Waals surface area contributed by atoms with Crippen LogP contribution in [0.2, 0.25) is 0 Å². The molecular weight excluding hydrogens is 272 g/mol. The Morgan fingerprint density at radius 1 is 1.30 bits per heavy atom. The molecule has 1 unspecified atom stereocenters. The summed E-state index contributed by atoms with van der Waals surface area (Å²) in [7, 11) is 0. The molecule has 1 amide bonds. The summed E-state index contributed by atoms with van der Waals surface area (Å²) in [6.07, 6.45) is 4.75. The van der Waals surface area contributed by atoms with Gasteiger partial charge in [0.15, 0.2) is 0 Å². The van der Waals surface area contributed by atoms with Gasteiger partial charge >= 0.3 is 0 Å². The van der Waals surface area contributed by atoms with Gasteiger partial charge in [-0.25, -0.2) is 0 Å². The minimum atomic E-state index is -0.255. The summed E-state index contributed by atoms with van der Waals surface area (Å²) in [4.78, 5) is 17.0. The standard InChI is InChI=1S/C15H16N2O2S/c1-10(11-3-5-14(20-2)6-4-11)17-15(19)12-7-13(18)9-16-8-12/h3-10,18H,1-2H3,(H,17,19). The van der Waals surface area contributed by atoms with Crippen LogP contribution < -0.4 is 5.32 Å². The summed E-state index contributed by atoms with van der Waals surface area (Å²) >= 11 is 1.68. The molecule has 1 heterocycles. The lowest BCUT2D eigenvalue weighted by atomic mass is 10.1. The minimum absolute atomic E-state index is 0.0189. The summed E-state index contributed by atoms with van der Waals surface area (Å²) in [5.74, 6) is -0.274. The van der Waals surface area contributed by atoms with E-state index >= 15 is 0 Å². The fourth-order valence-corrected chi connectivity index (χ4v) is 2.22. The van der Waals surface area contributed by atoms with Crippen LogP contribution in [0, 0.1) is 0 Å². The van der Waals surface area contributed by atoms with Crippen LogP contribution in [0.5, 0.6) is 5.75 Å². The number of nitrogens with one attached hydrogen (secondary N) is 1. The first kappa shape index (κ1) is 14.4. The topological polar surface area (TPSA) is 62.2 Å². The molecule has 0 spiro atoms. The predicted octanol–water partition coefficient (Wildman–Crippen LogP) is 3.00. The Morgan fingerprint density at radius 2 is 2.00 bits per heavy atom. The number of carbonyl (C=O) groups is 1. The van der Waals surface area contributed by atoms with E-state index < -0.39 is 0 Å². The zero-order valence-corrected chi connectivity index (χ0v) is 12.1. The number of pyridine rings is 1. The number of nitrogens with zero attached hydrogens (tertiary/aromatic N) is 1. The number of benzene rings is 1. The lowest BCUT2D eigenvalue weighted by molar-refractivity contribution is 0.0939. The van der Waals surface area contributed by atoms with Gasteiger partial charge in [-0.05, 0) is 36.9 Å². The van der Waals surface area contributed by atoms with Crippen molar-refractivity contribution in [1.82, 2.24) is 10.3 Å². The van der Waals surface area contributed by atoms with Crippen molar-refractivity contribution >= 4 is 17.7 Å². The Hall–Kier alpha value is -2.01. The summed E-state index contributed by atoms with van der Waals surface area (Å²) < 4.78 is 0. The van der Waals surface area contributed by atoms with Crippen molar-refractivity contribution in [2.24, 2.45) is 0 Å². The first-order valence-corrected chi connectivity index (χ1v) is 7.41. The average Bonchev–Trinajstić information content (AvgIpc) is 2.47. The molecule has 4 nitrogen and oxygen atoms in total. The smallest absolute Gasteiger partial charge is 0.253 e. The number of hydrogen-bond acceptors (Lipinski definition) is 4.